The van der Waals surface area contributed by atoms with Gasteiger partial charge in [0.15, 0.2) is 0 Å². The molecule has 90 valence electrons. The zero-order valence-electron chi connectivity index (χ0n) is 9.46. The largest absolute Gasteiger partial charge is 0.299 e. The molecule has 17 heavy (non-hydrogen) atoms. The molecule has 0 aromatic heterocycles. The van der Waals surface area contributed by atoms with Crippen molar-refractivity contribution in [3.63, 3.8) is 0 Å². The topological polar surface area (TPSA) is 17.1 Å². The van der Waals surface area contributed by atoms with E-state index in [9.17, 15) is 9.18 Å². The van der Waals surface area contributed by atoms with Gasteiger partial charge in [-0.2, -0.15) is 0 Å². The third-order valence-electron chi connectivity index (χ3n) is 4.15. The second kappa shape index (κ2) is 4.09. The highest BCUT2D eigenvalue weighted by Crippen LogP contribution is 2.58. The van der Waals surface area contributed by atoms with E-state index in [4.69, 9.17) is 11.6 Å². The van der Waals surface area contributed by atoms with Crippen LogP contribution in [0.5, 0.6) is 0 Å². The lowest BCUT2D eigenvalue weighted by molar-refractivity contribution is -0.120. The first kappa shape index (κ1) is 11.2. The Kier molecular flexibility index (Phi) is 2.70. The number of hydrogen-bond donors (Lipinski definition) is 0. The number of carbonyl (C=O) groups excluding carboxylic acids is 1. The van der Waals surface area contributed by atoms with E-state index >= 15 is 0 Å². The first-order valence-corrected chi connectivity index (χ1v) is 6.51. The molecule has 3 heteroatoms. The van der Waals surface area contributed by atoms with E-state index in [1.807, 2.05) is 0 Å². The van der Waals surface area contributed by atoms with Gasteiger partial charge in [0.25, 0.3) is 0 Å². The van der Waals surface area contributed by atoms with Crippen LogP contribution in [0.4, 0.5) is 4.39 Å². The zero-order valence-corrected chi connectivity index (χ0v) is 10.2. The number of hydrogen-bond acceptors (Lipinski definition) is 1. The van der Waals surface area contributed by atoms with Gasteiger partial charge in [0.1, 0.15) is 11.6 Å². The average Bonchev–Trinajstić information content (AvgIpc) is 2.78. The maximum atomic E-state index is 13.1. The Morgan fingerprint density at radius 3 is 2.76 bits per heavy atom. The summed E-state index contributed by atoms with van der Waals surface area (Å²) in [7, 11) is 0. The van der Waals surface area contributed by atoms with Crippen molar-refractivity contribution in [3.8, 4) is 0 Å². The predicted octanol–water partition coefficient (Wildman–Crippen LogP) is 3.64. The number of halogens is 2. The fourth-order valence-corrected chi connectivity index (χ4v) is 3.47. The van der Waals surface area contributed by atoms with Crippen molar-refractivity contribution in [2.75, 3.05) is 0 Å². The number of benzene rings is 1. The number of rotatable bonds is 3. The van der Waals surface area contributed by atoms with Gasteiger partial charge in [-0.25, -0.2) is 4.39 Å². The van der Waals surface area contributed by atoms with Crippen molar-refractivity contribution in [1.29, 1.82) is 0 Å². The van der Waals surface area contributed by atoms with E-state index in [1.165, 1.54) is 37.5 Å². The Morgan fingerprint density at radius 2 is 2.06 bits per heavy atom. The molecule has 3 rings (SSSR count). The molecule has 0 bridgehead atoms. The highest BCUT2D eigenvalue weighted by Gasteiger charge is 2.55. The summed E-state index contributed by atoms with van der Waals surface area (Å²) in [6, 6.07) is 4.22. The number of carbonyl (C=O) groups is 1. The van der Waals surface area contributed by atoms with Crippen molar-refractivity contribution < 1.29 is 9.18 Å². The smallest absolute Gasteiger partial charge is 0.140 e. The molecule has 0 amide bonds. The molecule has 0 radical (unpaired) electrons. The van der Waals surface area contributed by atoms with Crippen LogP contribution in [0.3, 0.4) is 0 Å². The van der Waals surface area contributed by atoms with E-state index in [0.717, 1.165) is 0 Å². The Labute approximate surface area is 105 Å². The quantitative estimate of drug-likeness (QED) is 0.803. The third kappa shape index (κ3) is 1.99. The van der Waals surface area contributed by atoms with Crippen molar-refractivity contribution in [1.82, 2.24) is 0 Å². The van der Waals surface area contributed by atoms with Crippen molar-refractivity contribution in [2.45, 2.75) is 25.7 Å². The van der Waals surface area contributed by atoms with Crippen LogP contribution in [0.1, 0.15) is 24.8 Å². The van der Waals surface area contributed by atoms with Crippen LogP contribution >= 0.6 is 11.6 Å². The van der Waals surface area contributed by atoms with E-state index < -0.39 is 0 Å². The molecule has 0 saturated heterocycles. The van der Waals surface area contributed by atoms with E-state index in [1.54, 1.807) is 0 Å². The number of Topliss-reactive ketones (excluding diaryl/α,β-unsaturated/α-hetero) is 1. The second-order valence-corrected chi connectivity index (χ2v) is 5.57. The van der Waals surface area contributed by atoms with Gasteiger partial charge in [-0.05, 0) is 48.4 Å². The van der Waals surface area contributed by atoms with Crippen LogP contribution in [0, 0.1) is 23.6 Å². The van der Waals surface area contributed by atoms with Gasteiger partial charge in [-0.3, -0.25) is 4.79 Å². The molecule has 0 heterocycles. The summed E-state index contributed by atoms with van der Waals surface area (Å²) in [6.07, 6.45) is 3.93. The monoisotopic (exact) mass is 252 g/mol. The van der Waals surface area contributed by atoms with Crippen molar-refractivity contribution in [3.05, 3.63) is 34.6 Å². The first-order chi connectivity index (χ1) is 8.16. The molecule has 2 aliphatic rings. The van der Waals surface area contributed by atoms with Crippen LogP contribution in [0.15, 0.2) is 18.2 Å². The Balaban J connectivity index is 1.71. The summed E-state index contributed by atoms with van der Waals surface area (Å²) in [5.41, 5.74) is 0.627. The normalized spacial score (nSPS) is 30.1. The molecule has 2 saturated carbocycles. The Bertz CT molecular complexity index is 461. The minimum atomic E-state index is -0.326. The predicted molar refractivity (Wildman–Crippen MR) is 64.4 cm³/mol. The fourth-order valence-electron chi connectivity index (χ4n) is 3.28. The molecule has 1 aromatic rings. The lowest BCUT2D eigenvalue weighted by Gasteiger charge is -2.05. The molecule has 0 N–H and O–H groups in total. The highest BCUT2D eigenvalue weighted by molar-refractivity contribution is 6.31. The second-order valence-electron chi connectivity index (χ2n) is 5.16. The molecule has 1 nitrogen and oxygen atoms in total. The summed E-state index contributed by atoms with van der Waals surface area (Å²) in [6.45, 7) is 0. The minimum Gasteiger partial charge on any atom is -0.299 e. The van der Waals surface area contributed by atoms with Crippen LogP contribution in [0.2, 0.25) is 5.02 Å². The summed E-state index contributed by atoms with van der Waals surface area (Å²) in [4.78, 5) is 12.1. The van der Waals surface area contributed by atoms with Crippen molar-refractivity contribution in [2.24, 2.45) is 17.8 Å². The van der Waals surface area contributed by atoms with E-state index in [-0.39, 0.29) is 23.9 Å². The summed E-state index contributed by atoms with van der Waals surface area (Å²) < 4.78 is 13.1. The minimum absolute atomic E-state index is 0.239. The molecular weight excluding hydrogens is 239 g/mol. The summed E-state index contributed by atoms with van der Waals surface area (Å²) >= 11 is 5.97. The van der Waals surface area contributed by atoms with Gasteiger partial charge in [-0.15, -0.1) is 0 Å². The molecular formula is C14H14ClFO. The lowest BCUT2D eigenvalue weighted by atomic mass is 10.0. The Morgan fingerprint density at radius 1 is 1.35 bits per heavy atom. The molecule has 1 aromatic carbocycles. The van der Waals surface area contributed by atoms with Gasteiger partial charge in [0.05, 0.1) is 0 Å². The SMILES string of the molecule is O=C(Cc1cc(F)ccc1Cl)C1C2CCCC21. The first-order valence-electron chi connectivity index (χ1n) is 6.13. The van der Waals surface area contributed by atoms with Crippen LogP contribution in [0.25, 0.3) is 0 Å². The maximum absolute atomic E-state index is 13.1. The lowest BCUT2D eigenvalue weighted by Crippen LogP contribution is -2.09. The average molecular weight is 253 g/mol. The molecule has 2 fully saturated rings. The zero-order chi connectivity index (χ0) is 12.0. The van der Waals surface area contributed by atoms with Gasteiger partial charge in [-0.1, -0.05) is 18.0 Å². The highest BCUT2D eigenvalue weighted by atomic mass is 35.5. The van der Waals surface area contributed by atoms with E-state index in [2.05, 4.69) is 0 Å². The van der Waals surface area contributed by atoms with Crippen LogP contribution < -0.4 is 0 Å². The molecule has 0 spiro atoms. The number of ketones is 1. The van der Waals surface area contributed by atoms with Gasteiger partial charge < -0.3 is 0 Å². The molecule has 2 aliphatic carbocycles. The molecule has 2 unspecified atom stereocenters. The van der Waals surface area contributed by atoms with Gasteiger partial charge >= 0.3 is 0 Å². The van der Waals surface area contributed by atoms with Crippen LogP contribution in [-0.4, -0.2) is 5.78 Å². The van der Waals surface area contributed by atoms with E-state index in [0.29, 0.717) is 22.4 Å². The molecule has 2 atom stereocenters. The Hall–Kier alpha value is -0.890. The third-order valence-corrected chi connectivity index (χ3v) is 4.52. The van der Waals surface area contributed by atoms with Crippen molar-refractivity contribution >= 4 is 17.4 Å². The number of fused-ring (bicyclic) bond motifs is 1. The fraction of sp³-hybridized carbons (Fsp3) is 0.500. The maximum Gasteiger partial charge on any atom is 0.140 e. The van der Waals surface area contributed by atoms with Gasteiger partial charge in [0, 0.05) is 17.4 Å². The molecule has 0 aliphatic heterocycles. The van der Waals surface area contributed by atoms with Gasteiger partial charge in [0.2, 0.25) is 0 Å². The van der Waals surface area contributed by atoms with Crippen LogP contribution in [-0.2, 0) is 11.2 Å². The standard InChI is InChI=1S/C14H14ClFO/c15-12-5-4-9(16)6-8(12)7-13(17)14-10-2-1-3-11(10)14/h4-6,10-11,14H,1-3,7H2. The summed E-state index contributed by atoms with van der Waals surface area (Å²) in [5.74, 6) is 1.40. The summed E-state index contributed by atoms with van der Waals surface area (Å²) in [5, 5.41) is 0.491.